The van der Waals surface area contributed by atoms with Gasteiger partial charge in [0, 0.05) is 17.7 Å². The summed E-state index contributed by atoms with van der Waals surface area (Å²) in [5, 5.41) is 9.22. The number of aromatic nitrogens is 2. The summed E-state index contributed by atoms with van der Waals surface area (Å²) in [5.74, 6) is 2.21. The molecule has 114 valence electrons. The van der Waals surface area contributed by atoms with Crippen molar-refractivity contribution in [1.29, 1.82) is 5.26 Å². The molecule has 2 heterocycles. The molecule has 0 saturated heterocycles. The van der Waals surface area contributed by atoms with Gasteiger partial charge in [-0.1, -0.05) is 24.3 Å². The van der Waals surface area contributed by atoms with Gasteiger partial charge in [0.15, 0.2) is 11.5 Å². The van der Waals surface area contributed by atoms with Crippen molar-refractivity contribution in [3.05, 3.63) is 42.0 Å². The lowest BCUT2D eigenvalue weighted by Gasteiger charge is -2.18. The number of nitrogens with zero attached hydrogens (tertiary/aromatic N) is 3. The number of nitriles is 1. The normalized spacial score (nSPS) is 13.0. The van der Waals surface area contributed by atoms with Crippen LogP contribution in [0.25, 0.3) is 22.4 Å². The number of hydrogen-bond acceptors (Lipinski definition) is 4. The standard InChI is InChI=1S/C18H15N3O2/c1-12-4-2-3-5-13(12)18-20-14-10-16-17(23-9-8-22-16)11-15(14)21(18)7-6-19/h2-5,10-11H,7-9H2,1H3. The van der Waals surface area contributed by atoms with Crippen LogP contribution >= 0.6 is 0 Å². The van der Waals surface area contributed by atoms with E-state index >= 15 is 0 Å². The lowest BCUT2D eigenvalue weighted by molar-refractivity contribution is 0.172. The number of aryl methyl sites for hydroxylation is 1. The first kappa shape index (κ1) is 13.6. The molecule has 23 heavy (non-hydrogen) atoms. The Morgan fingerprint density at radius 1 is 1.17 bits per heavy atom. The summed E-state index contributed by atoms with van der Waals surface area (Å²) in [4.78, 5) is 4.75. The van der Waals surface area contributed by atoms with Crippen molar-refractivity contribution in [2.24, 2.45) is 0 Å². The van der Waals surface area contributed by atoms with Crippen LogP contribution in [0.15, 0.2) is 36.4 Å². The summed E-state index contributed by atoms with van der Waals surface area (Å²) >= 11 is 0. The highest BCUT2D eigenvalue weighted by Gasteiger charge is 2.19. The summed E-state index contributed by atoms with van der Waals surface area (Å²) in [5.41, 5.74) is 3.84. The van der Waals surface area contributed by atoms with E-state index in [0.29, 0.717) is 24.7 Å². The zero-order valence-corrected chi connectivity index (χ0v) is 12.7. The van der Waals surface area contributed by atoms with Crippen molar-refractivity contribution in [3.63, 3.8) is 0 Å². The molecule has 1 aromatic heterocycles. The summed E-state index contributed by atoms with van der Waals surface area (Å²) < 4.78 is 13.2. The Bertz CT molecular complexity index is 937. The lowest BCUT2D eigenvalue weighted by atomic mass is 10.1. The van der Waals surface area contributed by atoms with Crippen LogP contribution in [0.3, 0.4) is 0 Å². The van der Waals surface area contributed by atoms with E-state index in [0.717, 1.165) is 28.0 Å². The van der Waals surface area contributed by atoms with Crippen LogP contribution in [0.5, 0.6) is 11.5 Å². The summed E-state index contributed by atoms with van der Waals surface area (Å²) in [6, 6.07) is 14.1. The molecule has 0 radical (unpaired) electrons. The van der Waals surface area contributed by atoms with Gasteiger partial charge in [0.1, 0.15) is 25.6 Å². The number of hydrogen-bond donors (Lipinski definition) is 0. The quantitative estimate of drug-likeness (QED) is 0.729. The second kappa shape index (κ2) is 5.33. The summed E-state index contributed by atoms with van der Waals surface area (Å²) in [6.45, 7) is 3.36. The van der Waals surface area contributed by atoms with Crippen molar-refractivity contribution in [2.75, 3.05) is 13.2 Å². The Morgan fingerprint density at radius 2 is 1.91 bits per heavy atom. The van der Waals surface area contributed by atoms with Gasteiger partial charge in [-0.15, -0.1) is 0 Å². The Hall–Kier alpha value is -3.00. The third-order valence-electron chi connectivity index (χ3n) is 4.03. The van der Waals surface area contributed by atoms with E-state index in [1.165, 1.54) is 0 Å². The molecule has 0 amide bonds. The predicted octanol–water partition coefficient (Wildman–Crippen LogP) is 3.31. The topological polar surface area (TPSA) is 60.1 Å². The molecular formula is C18H15N3O2. The third-order valence-corrected chi connectivity index (χ3v) is 4.03. The third kappa shape index (κ3) is 2.20. The molecule has 0 bridgehead atoms. The number of fused-ring (bicyclic) bond motifs is 2. The van der Waals surface area contributed by atoms with Gasteiger partial charge in [-0.25, -0.2) is 4.98 Å². The van der Waals surface area contributed by atoms with E-state index < -0.39 is 0 Å². The molecule has 0 unspecified atom stereocenters. The molecule has 1 aliphatic heterocycles. The van der Waals surface area contributed by atoms with Crippen LogP contribution < -0.4 is 9.47 Å². The molecule has 3 aromatic rings. The van der Waals surface area contributed by atoms with Crippen molar-refractivity contribution < 1.29 is 9.47 Å². The van der Waals surface area contributed by atoms with E-state index in [9.17, 15) is 5.26 Å². The molecule has 1 aliphatic rings. The molecule has 0 saturated carbocycles. The van der Waals surface area contributed by atoms with Gasteiger partial charge in [-0.05, 0) is 12.5 Å². The van der Waals surface area contributed by atoms with Gasteiger partial charge in [0.2, 0.25) is 0 Å². The van der Waals surface area contributed by atoms with Gasteiger partial charge in [0.05, 0.1) is 17.1 Å². The molecule has 0 aliphatic carbocycles. The van der Waals surface area contributed by atoms with E-state index in [1.807, 2.05) is 47.9 Å². The highest BCUT2D eigenvalue weighted by Crippen LogP contribution is 2.36. The van der Waals surface area contributed by atoms with Crippen molar-refractivity contribution >= 4 is 11.0 Å². The average molecular weight is 305 g/mol. The fraction of sp³-hybridized carbons (Fsp3) is 0.222. The van der Waals surface area contributed by atoms with Crippen LogP contribution in [0.1, 0.15) is 5.56 Å². The number of ether oxygens (including phenoxy) is 2. The van der Waals surface area contributed by atoms with Crippen LogP contribution in [-0.2, 0) is 6.54 Å². The Balaban J connectivity index is 1.99. The Kier molecular flexibility index (Phi) is 3.16. The van der Waals surface area contributed by atoms with Gasteiger partial charge in [-0.2, -0.15) is 5.26 Å². The number of benzene rings is 2. The van der Waals surface area contributed by atoms with E-state index in [4.69, 9.17) is 14.5 Å². The molecule has 0 fully saturated rings. The second-order valence-electron chi connectivity index (χ2n) is 5.48. The average Bonchev–Trinajstić information content (AvgIpc) is 2.91. The molecule has 5 nitrogen and oxygen atoms in total. The van der Waals surface area contributed by atoms with Crippen molar-refractivity contribution in [1.82, 2.24) is 9.55 Å². The van der Waals surface area contributed by atoms with E-state index in [2.05, 4.69) is 6.07 Å². The maximum Gasteiger partial charge on any atom is 0.163 e. The molecule has 2 aromatic carbocycles. The van der Waals surface area contributed by atoms with Crippen LogP contribution in [-0.4, -0.2) is 22.8 Å². The highest BCUT2D eigenvalue weighted by molar-refractivity contribution is 5.84. The van der Waals surface area contributed by atoms with Gasteiger partial charge >= 0.3 is 0 Å². The summed E-state index contributed by atoms with van der Waals surface area (Å²) in [6.07, 6.45) is 0. The SMILES string of the molecule is Cc1ccccc1-c1nc2cc3c(cc2n1CC#N)OCCO3. The maximum absolute atomic E-state index is 9.22. The fourth-order valence-electron chi connectivity index (χ4n) is 2.92. The zero-order chi connectivity index (χ0) is 15.8. The van der Waals surface area contributed by atoms with Crippen molar-refractivity contribution in [2.45, 2.75) is 13.5 Å². The summed E-state index contributed by atoms with van der Waals surface area (Å²) in [7, 11) is 0. The largest absolute Gasteiger partial charge is 0.486 e. The van der Waals surface area contributed by atoms with Gasteiger partial charge < -0.3 is 14.0 Å². The lowest BCUT2D eigenvalue weighted by Crippen LogP contribution is -2.15. The van der Waals surface area contributed by atoms with E-state index in [1.54, 1.807) is 0 Å². The number of rotatable bonds is 2. The Labute approximate surface area is 133 Å². The van der Waals surface area contributed by atoms with Crippen molar-refractivity contribution in [3.8, 4) is 29.0 Å². The molecule has 0 atom stereocenters. The van der Waals surface area contributed by atoms with Crippen LogP contribution in [0.4, 0.5) is 0 Å². The van der Waals surface area contributed by atoms with Gasteiger partial charge in [-0.3, -0.25) is 0 Å². The molecule has 4 rings (SSSR count). The monoisotopic (exact) mass is 305 g/mol. The first-order chi connectivity index (χ1) is 11.3. The minimum absolute atomic E-state index is 0.236. The predicted molar refractivity (Wildman–Crippen MR) is 86.5 cm³/mol. The van der Waals surface area contributed by atoms with Crippen LogP contribution in [0, 0.1) is 18.3 Å². The maximum atomic E-state index is 9.22. The first-order valence-electron chi connectivity index (χ1n) is 7.51. The highest BCUT2D eigenvalue weighted by atomic mass is 16.6. The second-order valence-corrected chi connectivity index (χ2v) is 5.48. The fourth-order valence-corrected chi connectivity index (χ4v) is 2.92. The Morgan fingerprint density at radius 3 is 2.65 bits per heavy atom. The zero-order valence-electron chi connectivity index (χ0n) is 12.7. The molecular weight excluding hydrogens is 290 g/mol. The van der Waals surface area contributed by atoms with Gasteiger partial charge in [0.25, 0.3) is 0 Å². The molecule has 0 spiro atoms. The molecule has 0 N–H and O–H groups in total. The number of imidazole rings is 1. The van der Waals surface area contributed by atoms with Crippen LogP contribution in [0.2, 0.25) is 0 Å². The molecule has 5 heteroatoms. The smallest absolute Gasteiger partial charge is 0.163 e. The minimum atomic E-state index is 0.236. The minimum Gasteiger partial charge on any atom is -0.486 e. The first-order valence-corrected chi connectivity index (χ1v) is 7.51. The van der Waals surface area contributed by atoms with E-state index in [-0.39, 0.29) is 6.54 Å².